The second kappa shape index (κ2) is 8.03. The van der Waals surface area contributed by atoms with E-state index in [0.717, 1.165) is 33.4 Å². The lowest BCUT2D eigenvalue weighted by Gasteiger charge is -2.30. The Morgan fingerprint density at radius 2 is 1.88 bits per heavy atom. The topological polar surface area (TPSA) is 9.23 Å². The normalized spacial score (nSPS) is 21.3. The zero-order chi connectivity index (χ0) is 18.0. The Hall–Kier alpha value is -0.500. The molecule has 25 heavy (non-hydrogen) atoms. The van der Waals surface area contributed by atoms with Crippen LogP contribution in [0.2, 0.25) is 0 Å². The van der Waals surface area contributed by atoms with Crippen LogP contribution in [0, 0.1) is 0 Å². The molecular formula is C18H15Br2F3OS. The zero-order valence-corrected chi connectivity index (χ0v) is 17.0. The fraction of sp³-hybridized carbons (Fsp3) is 0.333. The van der Waals surface area contributed by atoms with Gasteiger partial charge in [0.2, 0.25) is 0 Å². The molecule has 2 aromatic carbocycles. The van der Waals surface area contributed by atoms with E-state index in [1.165, 1.54) is 23.9 Å². The van der Waals surface area contributed by atoms with Crippen molar-refractivity contribution < 1.29 is 17.9 Å². The third-order valence-corrected chi connectivity index (χ3v) is 6.51. The maximum absolute atomic E-state index is 12.9. The number of ether oxygens (including phenoxy) is 1. The van der Waals surface area contributed by atoms with Gasteiger partial charge < -0.3 is 4.74 Å². The van der Waals surface area contributed by atoms with Crippen LogP contribution in [0.1, 0.15) is 30.1 Å². The standard InChI is InChI=1S/C18H15Br2F3OS/c19-12-4-5-16(20)15(9-12)17-10-14(6-7-24-17)25-13-3-1-2-11(8-13)18(21,22)23/h1-5,8-9,14,17H,6-7,10H2. The molecule has 3 rings (SSSR count). The van der Waals surface area contributed by atoms with E-state index < -0.39 is 11.7 Å². The van der Waals surface area contributed by atoms with Crippen LogP contribution >= 0.6 is 43.6 Å². The van der Waals surface area contributed by atoms with Crippen molar-refractivity contribution in [1.82, 2.24) is 0 Å². The van der Waals surface area contributed by atoms with Crippen LogP contribution in [-0.2, 0) is 10.9 Å². The summed E-state index contributed by atoms with van der Waals surface area (Å²) in [5.74, 6) is 0. The van der Waals surface area contributed by atoms with Gasteiger partial charge in [0.15, 0.2) is 0 Å². The van der Waals surface area contributed by atoms with Gasteiger partial charge in [-0.05, 0) is 54.8 Å². The van der Waals surface area contributed by atoms with Crippen LogP contribution in [0.25, 0.3) is 0 Å². The Kier molecular flexibility index (Phi) is 6.19. The van der Waals surface area contributed by atoms with E-state index in [0.29, 0.717) is 11.5 Å². The molecule has 0 aliphatic carbocycles. The minimum Gasteiger partial charge on any atom is -0.373 e. The first-order valence-electron chi connectivity index (χ1n) is 7.73. The van der Waals surface area contributed by atoms with Crippen molar-refractivity contribution >= 4 is 43.6 Å². The largest absolute Gasteiger partial charge is 0.416 e. The molecule has 1 heterocycles. The lowest BCUT2D eigenvalue weighted by molar-refractivity contribution is -0.137. The maximum atomic E-state index is 12.9. The van der Waals surface area contributed by atoms with Gasteiger partial charge in [0, 0.05) is 25.7 Å². The van der Waals surface area contributed by atoms with Gasteiger partial charge in [-0.15, -0.1) is 11.8 Å². The number of halogens is 5. The molecule has 2 unspecified atom stereocenters. The average Bonchev–Trinajstić information content (AvgIpc) is 2.57. The predicted octanol–water partition coefficient (Wildman–Crippen LogP) is 7.24. The fourth-order valence-corrected chi connectivity index (χ4v) is 4.89. The van der Waals surface area contributed by atoms with Gasteiger partial charge in [-0.1, -0.05) is 37.9 Å². The Morgan fingerprint density at radius 3 is 2.64 bits per heavy atom. The van der Waals surface area contributed by atoms with Crippen LogP contribution in [-0.4, -0.2) is 11.9 Å². The molecule has 0 radical (unpaired) electrons. The van der Waals surface area contributed by atoms with Gasteiger partial charge in [0.05, 0.1) is 11.7 Å². The molecule has 1 aliphatic heterocycles. The van der Waals surface area contributed by atoms with Crippen molar-refractivity contribution in [3.8, 4) is 0 Å². The third kappa shape index (κ3) is 5.02. The molecule has 0 spiro atoms. The van der Waals surface area contributed by atoms with E-state index in [2.05, 4.69) is 31.9 Å². The van der Waals surface area contributed by atoms with Gasteiger partial charge in [-0.3, -0.25) is 0 Å². The van der Waals surface area contributed by atoms with Gasteiger partial charge in [0.25, 0.3) is 0 Å². The predicted molar refractivity (Wildman–Crippen MR) is 101 cm³/mol. The van der Waals surface area contributed by atoms with Crippen molar-refractivity contribution in [2.45, 2.75) is 35.3 Å². The minimum atomic E-state index is -4.31. The summed E-state index contributed by atoms with van der Waals surface area (Å²) in [5.41, 5.74) is 0.458. The maximum Gasteiger partial charge on any atom is 0.416 e. The second-order valence-electron chi connectivity index (χ2n) is 5.82. The van der Waals surface area contributed by atoms with Gasteiger partial charge in [0.1, 0.15) is 0 Å². The summed E-state index contributed by atoms with van der Waals surface area (Å²) >= 11 is 8.52. The van der Waals surface area contributed by atoms with Crippen molar-refractivity contribution in [2.75, 3.05) is 6.61 Å². The lowest BCUT2D eigenvalue weighted by atomic mass is 10.0. The van der Waals surface area contributed by atoms with E-state index in [-0.39, 0.29) is 11.4 Å². The van der Waals surface area contributed by atoms with Crippen LogP contribution in [0.4, 0.5) is 13.2 Å². The highest BCUT2D eigenvalue weighted by Gasteiger charge is 2.31. The molecule has 2 atom stereocenters. The monoisotopic (exact) mass is 494 g/mol. The van der Waals surface area contributed by atoms with Crippen molar-refractivity contribution in [3.05, 3.63) is 62.5 Å². The van der Waals surface area contributed by atoms with E-state index >= 15 is 0 Å². The highest BCUT2D eigenvalue weighted by atomic mass is 79.9. The summed E-state index contributed by atoms with van der Waals surface area (Å²) in [5, 5.41) is 0.216. The first-order valence-corrected chi connectivity index (χ1v) is 10.2. The van der Waals surface area contributed by atoms with Crippen LogP contribution in [0.3, 0.4) is 0 Å². The summed E-state index contributed by atoms with van der Waals surface area (Å²) < 4.78 is 46.5. The van der Waals surface area contributed by atoms with Gasteiger partial charge in [-0.25, -0.2) is 0 Å². The van der Waals surface area contributed by atoms with Crippen molar-refractivity contribution in [2.24, 2.45) is 0 Å². The lowest BCUT2D eigenvalue weighted by Crippen LogP contribution is -2.22. The van der Waals surface area contributed by atoms with E-state index in [1.54, 1.807) is 6.07 Å². The molecule has 1 saturated heterocycles. The molecule has 0 saturated carbocycles. The Bertz CT molecular complexity index is 751. The Labute approximate surface area is 165 Å². The molecule has 0 amide bonds. The molecule has 0 aromatic heterocycles. The molecule has 7 heteroatoms. The first kappa shape index (κ1) is 19.3. The zero-order valence-electron chi connectivity index (χ0n) is 13.0. The van der Waals surface area contributed by atoms with Crippen LogP contribution in [0.5, 0.6) is 0 Å². The molecule has 1 fully saturated rings. The molecule has 1 aliphatic rings. The number of benzene rings is 2. The Morgan fingerprint density at radius 1 is 1.08 bits per heavy atom. The number of thioether (sulfide) groups is 1. The molecular weight excluding hydrogens is 481 g/mol. The van der Waals surface area contributed by atoms with Crippen LogP contribution in [0.15, 0.2) is 56.3 Å². The molecule has 0 N–H and O–H groups in total. The van der Waals surface area contributed by atoms with Gasteiger partial charge in [-0.2, -0.15) is 13.2 Å². The SMILES string of the molecule is FC(F)(F)c1cccc(SC2CCOC(c3cc(Br)ccc3Br)C2)c1. The molecule has 2 aromatic rings. The molecule has 0 bridgehead atoms. The average molecular weight is 496 g/mol. The van der Waals surface area contributed by atoms with E-state index in [9.17, 15) is 13.2 Å². The summed E-state index contributed by atoms with van der Waals surface area (Å²) in [6.45, 7) is 0.597. The summed E-state index contributed by atoms with van der Waals surface area (Å²) in [7, 11) is 0. The van der Waals surface area contributed by atoms with Gasteiger partial charge >= 0.3 is 6.18 Å². The quantitative estimate of drug-likeness (QED) is 0.443. The number of rotatable bonds is 3. The second-order valence-corrected chi connectivity index (χ2v) is 8.96. The summed E-state index contributed by atoms with van der Waals surface area (Å²) in [6.07, 6.45) is -2.79. The fourth-order valence-electron chi connectivity index (χ4n) is 2.79. The number of alkyl halides is 3. The van der Waals surface area contributed by atoms with Crippen molar-refractivity contribution in [1.29, 1.82) is 0 Å². The minimum absolute atomic E-state index is 0.0658. The summed E-state index contributed by atoms with van der Waals surface area (Å²) in [4.78, 5) is 0.647. The molecule has 134 valence electrons. The summed E-state index contributed by atoms with van der Waals surface area (Å²) in [6, 6.07) is 11.5. The Balaban J connectivity index is 1.73. The smallest absolute Gasteiger partial charge is 0.373 e. The van der Waals surface area contributed by atoms with E-state index in [4.69, 9.17) is 4.74 Å². The molecule has 1 nitrogen and oxygen atoms in total. The van der Waals surface area contributed by atoms with Crippen LogP contribution < -0.4 is 0 Å². The number of hydrogen-bond acceptors (Lipinski definition) is 2. The van der Waals surface area contributed by atoms with E-state index in [1.807, 2.05) is 18.2 Å². The third-order valence-electron chi connectivity index (χ3n) is 4.00. The first-order chi connectivity index (χ1) is 11.8. The highest BCUT2D eigenvalue weighted by Crippen LogP contribution is 2.41. The number of hydrogen-bond donors (Lipinski definition) is 0. The highest BCUT2D eigenvalue weighted by molar-refractivity contribution is 9.11. The van der Waals surface area contributed by atoms with Crippen molar-refractivity contribution in [3.63, 3.8) is 0 Å².